The standard InChI is InChI=1S/C14H14OP2/c1-9-3-7-13(16-9)11-5-6-12(15-11)14-8-4-10(2)17-14/h3-8,16-17H,1-2H3. The minimum absolute atomic E-state index is 0.768. The molecule has 3 aromatic rings. The molecular weight excluding hydrogens is 246 g/mol. The Labute approximate surface area is 104 Å². The Morgan fingerprint density at radius 3 is 1.53 bits per heavy atom. The van der Waals surface area contributed by atoms with Crippen LogP contribution in [0.1, 0.15) is 10.6 Å². The van der Waals surface area contributed by atoms with Crippen molar-refractivity contribution in [3.63, 3.8) is 0 Å². The van der Waals surface area contributed by atoms with Gasteiger partial charge in [-0.25, -0.2) is 0 Å². The quantitative estimate of drug-likeness (QED) is 0.610. The molecule has 1 nitrogen and oxygen atoms in total. The third-order valence-electron chi connectivity index (χ3n) is 2.80. The fraction of sp³-hybridized carbons (Fsp3) is 0.143. The fourth-order valence-corrected chi connectivity index (χ4v) is 3.95. The van der Waals surface area contributed by atoms with Crippen LogP contribution in [0, 0.1) is 13.8 Å². The van der Waals surface area contributed by atoms with Crippen molar-refractivity contribution in [3.8, 4) is 22.1 Å². The summed E-state index contributed by atoms with van der Waals surface area (Å²) in [4.78, 5) is 0. The van der Waals surface area contributed by atoms with Gasteiger partial charge in [-0.1, -0.05) is 12.1 Å². The van der Waals surface area contributed by atoms with Gasteiger partial charge in [0.2, 0.25) is 0 Å². The summed E-state index contributed by atoms with van der Waals surface area (Å²) in [5.41, 5.74) is 0. The number of hydrogen-bond acceptors (Lipinski definition) is 1. The van der Waals surface area contributed by atoms with Crippen LogP contribution in [0.2, 0.25) is 0 Å². The van der Waals surface area contributed by atoms with E-state index in [-0.39, 0.29) is 0 Å². The molecule has 0 N–H and O–H groups in total. The lowest BCUT2D eigenvalue weighted by atomic mass is 10.3. The van der Waals surface area contributed by atoms with Gasteiger partial charge in [0.15, 0.2) is 0 Å². The molecule has 3 aromatic heterocycles. The Hall–Kier alpha value is -1.16. The predicted octanol–water partition coefficient (Wildman–Crippen LogP) is 5.29. The largest absolute Gasteiger partial charge is 0.455 e. The Kier molecular flexibility index (Phi) is 2.74. The van der Waals surface area contributed by atoms with E-state index in [0.29, 0.717) is 0 Å². The molecule has 0 spiro atoms. The topological polar surface area (TPSA) is 13.1 Å². The molecule has 0 aliphatic carbocycles. The molecule has 86 valence electrons. The highest BCUT2D eigenvalue weighted by Crippen LogP contribution is 2.38. The van der Waals surface area contributed by atoms with E-state index in [4.69, 9.17) is 4.42 Å². The van der Waals surface area contributed by atoms with E-state index in [9.17, 15) is 0 Å². The van der Waals surface area contributed by atoms with Crippen molar-refractivity contribution in [1.82, 2.24) is 0 Å². The second-order valence-electron chi connectivity index (χ2n) is 4.27. The second-order valence-corrected chi connectivity index (χ2v) is 7.43. The lowest BCUT2D eigenvalue weighted by Crippen LogP contribution is -1.62. The monoisotopic (exact) mass is 260 g/mol. The summed E-state index contributed by atoms with van der Waals surface area (Å²) >= 11 is 0. The van der Waals surface area contributed by atoms with Gasteiger partial charge < -0.3 is 4.42 Å². The summed E-state index contributed by atoms with van der Waals surface area (Å²) in [5, 5.41) is 5.50. The first kappa shape index (κ1) is 11.0. The molecule has 0 aliphatic heterocycles. The minimum Gasteiger partial charge on any atom is -0.455 e. The van der Waals surface area contributed by atoms with Crippen LogP contribution in [-0.4, -0.2) is 0 Å². The molecular formula is C14H14OP2. The van der Waals surface area contributed by atoms with Crippen LogP contribution in [0.25, 0.3) is 22.1 Å². The number of hydrogen-bond donors (Lipinski definition) is 0. The van der Waals surface area contributed by atoms with Gasteiger partial charge in [0.1, 0.15) is 11.5 Å². The first-order valence-electron chi connectivity index (χ1n) is 5.64. The smallest absolute Gasteiger partial charge is 0.138 e. The third-order valence-corrected chi connectivity index (χ3v) is 5.29. The number of furan rings is 1. The summed E-state index contributed by atoms with van der Waals surface area (Å²) in [6.45, 7) is 4.33. The van der Waals surface area contributed by atoms with E-state index in [0.717, 1.165) is 27.9 Å². The molecule has 0 saturated carbocycles. The van der Waals surface area contributed by atoms with Crippen molar-refractivity contribution in [2.45, 2.75) is 13.8 Å². The molecule has 0 aliphatic rings. The number of rotatable bonds is 2. The lowest BCUT2D eigenvalue weighted by molar-refractivity contribution is 0.600. The van der Waals surface area contributed by atoms with Crippen LogP contribution in [0.5, 0.6) is 0 Å². The molecule has 2 unspecified atom stereocenters. The molecule has 0 radical (unpaired) electrons. The maximum atomic E-state index is 5.96. The Morgan fingerprint density at radius 1 is 0.706 bits per heavy atom. The van der Waals surface area contributed by atoms with Crippen molar-refractivity contribution < 1.29 is 4.42 Å². The highest BCUT2D eigenvalue weighted by molar-refractivity contribution is 7.35. The third kappa shape index (κ3) is 2.14. The summed E-state index contributed by atoms with van der Waals surface area (Å²) in [6, 6.07) is 12.9. The fourth-order valence-electron chi connectivity index (χ4n) is 1.92. The molecule has 0 amide bonds. The average molecular weight is 260 g/mol. The first-order chi connectivity index (χ1) is 8.22. The zero-order valence-corrected chi connectivity index (χ0v) is 11.9. The molecule has 3 rings (SSSR count). The summed E-state index contributed by atoms with van der Waals surface area (Å²) < 4.78 is 5.96. The lowest BCUT2D eigenvalue weighted by Gasteiger charge is -1.93. The van der Waals surface area contributed by atoms with Gasteiger partial charge in [-0.2, -0.15) is 0 Å². The molecule has 3 heterocycles. The zero-order valence-electron chi connectivity index (χ0n) is 9.87. The van der Waals surface area contributed by atoms with Crippen LogP contribution in [0.3, 0.4) is 0 Å². The van der Waals surface area contributed by atoms with E-state index in [1.54, 1.807) is 0 Å². The molecule has 0 saturated heterocycles. The molecule has 0 bridgehead atoms. The van der Waals surface area contributed by atoms with E-state index in [2.05, 4.69) is 50.2 Å². The van der Waals surface area contributed by atoms with Crippen LogP contribution in [0.15, 0.2) is 40.8 Å². The van der Waals surface area contributed by atoms with Gasteiger partial charge in [0.25, 0.3) is 0 Å². The Bertz CT molecular complexity index is 588. The van der Waals surface area contributed by atoms with Crippen LogP contribution < -0.4 is 0 Å². The Morgan fingerprint density at radius 2 is 1.18 bits per heavy atom. The van der Waals surface area contributed by atoms with Crippen molar-refractivity contribution in [1.29, 1.82) is 0 Å². The van der Waals surface area contributed by atoms with Crippen molar-refractivity contribution in [2.24, 2.45) is 0 Å². The van der Waals surface area contributed by atoms with Gasteiger partial charge in [0.05, 0.1) is 0 Å². The van der Waals surface area contributed by atoms with Crippen molar-refractivity contribution in [3.05, 3.63) is 47.0 Å². The minimum atomic E-state index is 0.768. The predicted molar refractivity (Wildman–Crippen MR) is 78.1 cm³/mol. The Balaban J connectivity index is 1.98. The molecule has 2 atom stereocenters. The van der Waals surface area contributed by atoms with Crippen LogP contribution in [0.4, 0.5) is 0 Å². The van der Waals surface area contributed by atoms with Gasteiger partial charge in [-0.3, -0.25) is 0 Å². The normalized spacial score (nSPS) is 11.9. The summed E-state index contributed by atoms with van der Waals surface area (Å²) in [5.74, 6) is 2.06. The molecule has 0 aromatic carbocycles. The zero-order chi connectivity index (χ0) is 11.8. The highest BCUT2D eigenvalue weighted by atomic mass is 31.0. The van der Waals surface area contributed by atoms with E-state index < -0.39 is 0 Å². The second kappa shape index (κ2) is 4.26. The highest BCUT2D eigenvalue weighted by Gasteiger charge is 2.08. The van der Waals surface area contributed by atoms with Gasteiger partial charge in [0, 0.05) is 10.6 Å². The van der Waals surface area contributed by atoms with Gasteiger partial charge in [-0.15, -0.1) is 16.4 Å². The molecule has 17 heavy (non-hydrogen) atoms. The van der Waals surface area contributed by atoms with Gasteiger partial charge >= 0.3 is 0 Å². The van der Waals surface area contributed by atoms with E-state index >= 15 is 0 Å². The average Bonchev–Trinajstić information content (AvgIpc) is 2.96. The van der Waals surface area contributed by atoms with Crippen LogP contribution >= 0.6 is 16.4 Å². The van der Waals surface area contributed by atoms with Crippen LogP contribution in [-0.2, 0) is 0 Å². The van der Waals surface area contributed by atoms with Crippen molar-refractivity contribution >= 4 is 16.4 Å². The summed E-state index contributed by atoms with van der Waals surface area (Å²) in [6.07, 6.45) is 0. The van der Waals surface area contributed by atoms with E-state index in [1.165, 1.54) is 21.2 Å². The van der Waals surface area contributed by atoms with Gasteiger partial charge in [-0.05, 0) is 48.7 Å². The molecule has 3 heteroatoms. The maximum Gasteiger partial charge on any atom is 0.138 e. The molecule has 0 fully saturated rings. The first-order valence-corrected chi connectivity index (χ1v) is 7.64. The number of aryl methyl sites for hydroxylation is 2. The van der Waals surface area contributed by atoms with Crippen molar-refractivity contribution in [2.75, 3.05) is 0 Å². The maximum absolute atomic E-state index is 5.96. The SMILES string of the molecule is Cc1ccc(-c2ccc(-c3ccc(C)[pH]3)o2)[pH]1. The summed E-state index contributed by atoms with van der Waals surface area (Å²) in [7, 11) is 1.54. The van der Waals surface area contributed by atoms with E-state index in [1.807, 2.05) is 0 Å².